The van der Waals surface area contributed by atoms with Crippen molar-refractivity contribution in [3.63, 3.8) is 0 Å². The summed E-state index contributed by atoms with van der Waals surface area (Å²) in [5, 5.41) is 0. The summed E-state index contributed by atoms with van der Waals surface area (Å²) in [6, 6.07) is 0. The molecule has 0 N–H and O–H groups in total. The smallest absolute Gasteiger partial charge is 0.358 e. The van der Waals surface area contributed by atoms with Gasteiger partial charge in [0.1, 0.15) is 0 Å². The predicted octanol–water partition coefficient (Wildman–Crippen LogP) is 5.21. The molecular formula is C22H22Zr. The maximum atomic E-state index is 2.27. The van der Waals surface area contributed by atoms with E-state index in [1.807, 2.05) is 0 Å². The molecule has 23 heavy (non-hydrogen) atoms. The molecule has 0 amide bonds. The van der Waals surface area contributed by atoms with E-state index in [0.717, 1.165) is 12.8 Å². The Morgan fingerprint density at radius 1 is 0.522 bits per heavy atom. The van der Waals surface area contributed by atoms with Gasteiger partial charge >= 0.3 is 26.2 Å². The molecule has 0 aromatic carbocycles. The van der Waals surface area contributed by atoms with Crippen LogP contribution in [0.3, 0.4) is 0 Å². The first kappa shape index (κ1) is 20.9. The molecule has 1 heteroatoms. The molecule has 0 saturated heterocycles. The average molecular weight is 378 g/mol. The number of hydrogen-bond donors (Lipinski definition) is 0. The second-order valence-corrected chi connectivity index (χ2v) is 5.39. The summed E-state index contributed by atoms with van der Waals surface area (Å²) in [4.78, 5) is 0. The van der Waals surface area contributed by atoms with E-state index < -0.39 is 0 Å². The minimum Gasteiger partial charge on any atom is -0.358 e. The van der Waals surface area contributed by atoms with E-state index in [1.54, 1.807) is 0 Å². The first-order valence-electron chi connectivity index (χ1n) is 7.18. The third-order valence-corrected chi connectivity index (χ3v) is 4.21. The number of fused-ring (bicyclic) bond motifs is 2. The quantitative estimate of drug-likeness (QED) is 0.592. The van der Waals surface area contributed by atoms with E-state index in [2.05, 4.69) is 74.3 Å². The molecule has 10 radical (unpaired) electrons. The molecule has 0 unspecified atom stereocenters. The van der Waals surface area contributed by atoms with Crippen molar-refractivity contribution in [2.24, 2.45) is 0 Å². The van der Waals surface area contributed by atoms with Gasteiger partial charge in [0.05, 0.1) is 0 Å². The molecule has 114 valence electrons. The van der Waals surface area contributed by atoms with Crippen LogP contribution in [0.2, 0.25) is 0 Å². The Balaban J connectivity index is 0.000000882. The normalized spacial score (nSPS) is 24.9. The van der Waals surface area contributed by atoms with Crippen LogP contribution < -0.4 is 0 Å². The van der Waals surface area contributed by atoms with Crippen molar-refractivity contribution in [1.29, 1.82) is 0 Å². The summed E-state index contributed by atoms with van der Waals surface area (Å²) in [5.41, 5.74) is 0. The Kier molecular flexibility index (Phi) is 8.50. The molecule has 0 spiro atoms. The van der Waals surface area contributed by atoms with Crippen molar-refractivity contribution in [2.45, 2.75) is 12.8 Å². The van der Waals surface area contributed by atoms with E-state index in [1.165, 1.54) is 35.5 Å². The molecule has 0 aromatic rings. The fraction of sp³-hybridized carbons (Fsp3) is 0.0909. The minimum absolute atomic E-state index is 0. The SMILES string of the molecule is [CH3-].[CH3-].[CH]1[CH][C](CC[C]2[CH][CH][C]3C=CC=C[C]32)[C]2C=CC=C[C]12.[Zr+2]. The zero-order chi connectivity index (χ0) is 13.4. The first-order valence-corrected chi connectivity index (χ1v) is 7.18. The van der Waals surface area contributed by atoms with Gasteiger partial charge in [-0.1, -0.05) is 48.6 Å². The van der Waals surface area contributed by atoms with Crippen LogP contribution in [0.1, 0.15) is 12.8 Å². The topological polar surface area (TPSA) is 0 Å². The summed E-state index contributed by atoms with van der Waals surface area (Å²) < 4.78 is 0. The van der Waals surface area contributed by atoms with Crippen molar-refractivity contribution in [3.8, 4) is 0 Å². The van der Waals surface area contributed by atoms with Gasteiger partial charge in [0, 0.05) is 23.7 Å². The van der Waals surface area contributed by atoms with Crippen LogP contribution >= 0.6 is 0 Å². The van der Waals surface area contributed by atoms with E-state index in [-0.39, 0.29) is 41.1 Å². The monoisotopic (exact) mass is 376 g/mol. The third-order valence-electron chi connectivity index (χ3n) is 4.21. The van der Waals surface area contributed by atoms with Gasteiger partial charge in [0.15, 0.2) is 0 Å². The van der Waals surface area contributed by atoms with Gasteiger partial charge in [0.2, 0.25) is 0 Å². The van der Waals surface area contributed by atoms with Gasteiger partial charge in [-0.25, -0.2) is 0 Å². The van der Waals surface area contributed by atoms with Crippen molar-refractivity contribution >= 4 is 0 Å². The summed E-state index contributed by atoms with van der Waals surface area (Å²) in [5.74, 6) is 8.45. The molecule has 0 nitrogen and oxygen atoms in total. The average Bonchev–Trinajstić information content (AvgIpc) is 3.09. The van der Waals surface area contributed by atoms with Crippen LogP contribution in [0.25, 0.3) is 0 Å². The molecule has 4 aliphatic rings. The number of allylic oxidation sites excluding steroid dienone is 8. The Bertz CT molecular complexity index is 426. The molecule has 2 saturated carbocycles. The second kappa shape index (κ2) is 9.36. The second-order valence-electron chi connectivity index (χ2n) is 5.39. The largest absolute Gasteiger partial charge is 2.00 e. The van der Waals surface area contributed by atoms with Gasteiger partial charge < -0.3 is 14.9 Å². The van der Waals surface area contributed by atoms with Crippen LogP contribution in [0.15, 0.2) is 48.6 Å². The number of rotatable bonds is 3. The Morgan fingerprint density at radius 2 is 0.913 bits per heavy atom. The zero-order valence-corrected chi connectivity index (χ0v) is 16.3. The molecular weight excluding hydrogens is 355 g/mol. The Labute approximate surface area is 163 Å². The Morgan fingerprint density at radius 3 is 1.35 bits per heavy atom. The predicted molar refractivity (Wildman–Crippen MR) is 95.3 cm³/mol. The Hall–Kier alpha value is -0.157. The summed E-state index contributed by atoms with van der Waals surface area (Å²) in [6.07, 6.45) is 28.5. The molecule has 4 rings (SSSR count). The number of hydrogen-bond acceptors (Lipinski definition) is 0. The molecule has 0 aromatic heterocycles. The molecule has 0 aliphatic heterocycles. The minimum atomic E-state index is 0. The van der Waals surface area contributed by atoms with E-state index in [0.29, 0.717) is 0 Å². The van der Waals surface area contributed by atoms with Crippen LogP contribution in [-0.4, -0.2) is 0 Å². The molecule has 2 fully saturated rings. The van der Waals surface area contributed by atoms with Crippen LogP contribution in [0, 0.1) is 76.0 Å². The van der Waals surface area contributed by atoms with Crippen LogP contribution in [0.5, 0.6) is 0 Å². The molecule has 0 bridgehead atoms. The van der Waals surface area contributed by atoms with Gasteiger partial charge in [-0.05, 0) is 50.4 Å². The maximum Gasteiger partial charge on any atom is 2.00 e. The molecule has 0 heterocycles. The summed E-state index contributed by atoms with van der Waals surface area (Å²) in [7, 11) is 0. The maximum absolute atomic E-state index is 2.27. The first-order chi connectivity index (χ1) is 9.92. The van der Waals surface area contributed by atoms with E-state index in [9.17, 15) is 0 Å². The van der Waals surface area contributed by atoms with E-state index >= 15 is 0 Å². The fourth-order valence-electron chi connectivity index (χ4n) is 3.14. The molecule has 4 aliphatic carbocycles. The van der Waals surface area contributed by atoms with Crippen molar-refractivity contribution in [3.05, 3.63) is 125 Å². The van der Waals surface area contributed by atoms with Crippen LogP contribution in [-0.2, 0) is 26.2 Å². The zero-order valence-electron chi connectivity index (χ0n) is 13.8. The van der Waals surface area contributed by atoms with E-state index in [4.69, 9.17) is 0 Å². The van der Waals surface area contributed by atoms with Gasteiger partial charge in [-0.15, -0.1) is 0 Å². The van der Waals surface area contributed by atoms with Crippen LogP contribution in [0.4, 0.5) is 0 Å². The van der Waals surface area contributed by atoms with Gasteiger partial charge in [-0.3, -0.25) is 0 Å². The summed E-state index contributed by atoms with van der Waals surface area (Å²) >= 11 is 0. The van der Waals surface area contributed by atoms with Crippen molar-refractivity contribution < 1.29 is 26.2 Å². The standard InChI is InChI=1S/C20H16.2CH3.Zr/c1-3-7-19-15(5-1)9-11-17(19)13-14-18-12-10-16-6-2-4-8-20(16)18;;;/h1-12H,13-14H2;2*1H3;/q;2*-1;+2. The van der Waals surface area contributed by atoms with Gasteiger partial charge in [-0.2, -0.15) is 0 Å². The summed E-state index contributed by atoms with van der Waals surface area (Å²) in [6.45, 7) is 0. The van der Waals surface area contributed by atoms with Gasteiger partial charge in [0.25, 0.3) is 0 Å². The van der Waals surface area contributed by atoms with Crippen molar-refractivity contribution in [1.82, 2.24) is 0 Å². The van der Waals surface area contributed by atoms with Crippen molar-refractivity contribution in [2.75, 3.05) is 0 Å². The molecule has 0 atom stereocenters. The fourth-order valence-corrected chi connectivity index (χ4v) is 3.14. The third kappa shape index (κ3) is 4.28.